The van der Waals surface area contributed by atoms with Crippen LogP contribution in [0.2, 0.25) is 0 Å². The molecule has 0 aliphatic rings. The van der Waals surface area contributed by atoms with Crippen LogP contribution < -0.4 is 15.2 Å². The van der Waals surface area contributed by atoms with Crippen molar-refractivity contribution in [3.05, 3.63) is 33.4 Å². The van der Waals surface area contributed by atoms with Crippen LogP contribution in [0.4, 0.5) is 5.69 Å². The molecule has 0 atom stereocenters. The lowest BCUT2D eigenvalue weighted by atomic mass is 10.1. The molecule has 7 heteroatoms. The SMILES string of the molecule is COc1cc(/C=C(\C)C(N)=O)c([N+](=O)[O-])cc1OC. The molecule has 1 rings (SSSR count). The average Bonchev–Trinajstić information content (AvgIpc) is 2.37. The molecule has 0 fully saturated rings. The number of methoxy groups -OCH3 is 2. The predicted molar refractivity (Wildman–Crippen MR) is 69.0 cm³/mol. The van der Waals surface area contributed by atoms with Crippen molar-refractivity contribution in [2.24, 2.45) is 5.73 Å². The van der Waals surface area contributed by atoms with E-state index in [0.717, 1.165) is 0 Å². The molecule has 0 radical (unpaired) electrons. The lowest BCUT2D eigenvalue weighted by Gasteiger charge is -2.09. The van der Waals surface area contributed by atoms with Gasteiger partial charge in [0.1, 0.15) is 0 Å². The number of ether oxygens (including phenoxy) is 2. The van der Waals surface area contributed by atoms with E-state index in [2.05, 4.69) is 0 Å². The zero-order valence-corrected chi connectivity index (χ0v) is 10.8. The monoisotopic (exact) mass is 266 g/mol. The number of rotatable bonds is 5. The van der Waals surface area contributed by atoms with Gasteiger partial charge in [-0.15, -0.1) is 0 Å². The molecule has 1 amide bonds. The second-order valence-electron chi connectivity index (χ2n) is 3.71. The lowest BCUT2D eigenvalue weighted by molar-refractivity contribution is -0.385. The number of carbonyl (C=O) groups is 1. The fourth-order valence-corrected chi connectivity index (χ4v) is 1.46. The van der Waals surface area contributed by atoms with Gasteiger partial charge in [0.15, 0.2) is 11.5 Å². The standard InChI is InChI=1S/C12H14N2O5/c1-7(12(13)15)4-8-5-10(18-2)11(19-3)6-9(8)14(16)17/h4-6H,1-3H3,(H2,13,15)/b7-4+. The zero-order valence-electron chi connectivity index (χ0n) is 10.8. The summed E-state index contributed by atoms with van der Waals surface area (Å²) < 4.78 is 10.1. The van der Waals surface area contributed by atoms with Crippen LogP contribution in [0.1, 0.15) is 12.5 Å². The highest BCUT2D eigenvalue weighted by molar-refractivity contribution is 5.96. The van der Waals surface area contributed by atoms with Crippen molar-refractivity contribution < 1.29 is 19.2 Å². The highest BCUT2D eigenvalue weighted by Crippen LogP contribution is 2.35. The molecule has 0 heterocycles. The minimum atomic E-state index is -0.649. The molecule has 0 saturated heterocycles. The van der Waals surface area contributed by atoms with Gasteiger partial charge in [0.2, 0.25) is 5.91 Å². The molecule has 0 aromatic heterocycles. The first-order chi connectivity index (χ1) is 8.90. The van der Waals surface area contributed by atoms with E-state index in [1.807, 2.05) is 0 Å². The first-order valence-electron chi connectivity index (χ1n) is 5.29. The second kappa shape index (κ2) is 5.85. The zero-order chi connectivity index (χ0) is 14.6. The summed E-state index contributed by atoms with van der Waals surface area (Å²) in [5.41, 5.74) is 5.33. The van der Waals surface area contributed by atoms with Crippen molar-refractivity contribution in [3.8, 4) is 11.5 Å². The van der Waals surface area contributed by atoms with Crippen molar-refractivity contribution in [1.82, 2.24) is 0 Å². The van der Waals surface area contributed by atoms with E-state index < -0.39 is 10.8 Å². The van der Waals surface area contributed by atoms with E-state index in [-0.39, 0.29) is 22.6 Å². The summed E-state index contributed by atoms with van der Waals surface area (Å²) in [5.74, 6) is -0.0798. The number of primary amides is 1. The number of nitro benzene ring substituents is 1. The van der Waals surface area contributed by atoms with Crippen LogP contribution in [0.5, 0.6) is 11.5 Å². The van der Waals surface area contributed by atoms with Crippen molar-refractivity contribution in [2.75, 3.05) is 14.2 Å². The molecule has 1 aromatic carbocycles. The first-order valence-corrected chi connectivity index (χ1v) is 5.29. The minimum absolute atomic E-state index is 0.196. The van der Waals surface area contributed by atoms with E-state index in [4.69, 9.17) is 15.2 Å². The van der Waals surface area contributed by atoms with Gasteiger partial charge in [-0.1, -0.05) is 0 Å². The molecule has 102 valence electrons. The van der Waals surface area contributed by atoms with E-state index in [0.29, 0.717) is 5.75 Å². The topological polar surface area (TPSA) is 105 Å². The molecule has 19 heavy (non-hydrogen) atoms. The van der Waals surface area contributed by atoms with Gasteiger partial charge >= 0.3 is 0 Å². The van der Waals surface area contributed by atoms with E-state index >= 15 is 0 Å². The smallest absolute Gasteiger partial charge is 0.280 e. The normalized spacial score (nSPS) is 11.0. The molecule has 7 nitrogen and oxygen atoms in total. The number of nitrogens with two attached hydrogens (primary N) is 1. The molecule has 0 aliphatic carbocycles. The Morgan fingerprint density at radius 3 is 2.26 bits per heavy atom. The Hall–Kier alpha value is -2.57. The highest BCUT2D eigenvalue weighted by Gasteiger charge is 2.18. The maximum absolute atomic E-state index is 11.0. The lowest BCUT2D eigenvalue weighted by Crippen LogP contribution is -2.11. The van der Waals surface area contributed by atoms with Crippen LogP contribution in [-0.4, -0.2) is 25.1 Å². The van der Waals surface area contributed by atoms with Gasteiger partial charge < -0.3 is 15.2 Å². The molecular formula is C12H14N2O5. The van der Waals surface area contributed by atoms with Crippen LogP contribution in [0.15, 0.2) is 17.7 Å². The Kier molecular flexibility index (Phi) is 4.46. The fraction of sp³-hybridized carbons (Fsp3) is 0.250. The van der Waals surface area contributed by atoms with E-state index in [1.165, 1.54) is 39.4 Å². The summed E-state index contributed by atoms with van der Waals surface area (Å²) in [6, 6.07) is 2.66. The Morgan fingerprint density at radius 2 is 1.84 bits per heavy atom. The van der Waals surface area contributed by atoms with Crippen molar-refractivity contribution in [3.63, 3.8) is 0 Å². The molecule has 0 aliphatic heterocycles. The second-order valence-corrected chi connectivity index (χ2v) is 3.71. The van der Waals surface area contributed by atoms with Crippen molar-refractivity contribution in [2.45, 2.75) is 6.92 Å². The van der Waals surface area contributed by atoms with Crippen LogP contribution >= 0.6 is 0 Å². The van der Waals surface area contributed by atoms with Crippen LogP contribution in [0, 0.1) is 10.1 Å². The number of benzene rings is 1. The number of amides is 1. The highest BCUT2D eigenvalue weighted by atomic mass is 16.6. The predicted octanol–water partition coefficient (Wildman–Crippen LogP) is 1.50. The summed E-state index contributed by atoms with van der Waals surface area (Å²) in [6.45, 7) is 1.47. The summed E-state index contributed by atoms with van der Waals surface area (Å²) in [7, 11) is 2.80. The van der Waals surface area contributed by atoms with E-state index in [1.54, 1.807) is 0 Å². The minimum Gasteiger partial charge on any atom is -0.493 e. The Labute approximate surface area is 109 Å². The summed E-state index contributed by atoms with van der Waals surface area (Å²) >= 11 is 0. The van der Waals surface area contributed by atoms with Crippen molar-refractivity contribution in [1.29, 1.82) is 0 Å². The van der Waals surface area contributed by atoms with Crippen LogP contribution in [-0.2, 0) is 4.79 Å². The first kappa shape index (κ1) is 14.5. The van der Waals surface area contributed by atoms with Gasteiger partial charge in [-0.05, 0) is 19.1 Å². The maximum atomic E-state index is 11.0. The summed E-state index contributed by atoms with van der Waals surface area (Å²) in [4.78, 5) is 21.4. The Morgan fingerprint density at radius 1 is 1.32 bits per heavy atom. The molecule has 1 aromatic rings. The van der Waals surface area contributed by atoms with Gasteiger partial charge in [0.25, 0.3) is 5.69 Å². The summed E-state index contributed by atoms with van der Waals surface area (Å²) in [6.07, 6.45) is 1.34. The van der Waals surface area contributed by atoms with Gasteiger partial charge in [-0.3, -0.25) is 14.9 Å². The molecule has 0 saturated carbocycles. The van der Waals surface area contributed by atoms with E-state index in [9.17, 15) is 14.9 Å². The number of hydrogen-bond acceptors (Lipinski definition) is 5. The van der Waals surface area contributed by atoms with Crippen LogP contribution in [0.3, 0.4) is 0 Å². The van der Waals surface area contributed by atoms with Gasteiger partial charge in [-0.25, -0.2) is 0 Å². The fourth-order valence-electron chi connectivity index (χ4n) is 1.46. The number of nitrogens with zero attached hydrogens (tertiary/aromatic N) is 1. The third-order valence-corrected chi connectivity index (χ3v) is 2.49. The van der Waals surface area contributed by atoms with Gasteiger partial charge in [0, 0.05) is 5.57 Å². The molecular weight excluding hydrogens is 252 g/mol. The number of nitro groups is 1. The molecule has 2 N–H and O–H groups in total. The third-order valence-electron chi connectivity index (χ3n) is 2.49. The molecule has 0 spiro atoms. The largest absolute Gasteiger partial charge is 0.493 e. The summed E-state index contributed by atoms with van der Waals surface area (Å²) in [5, 5.41) is 11.0. The molecule has 0 unspecified atom stereocenters. The third kappa shape index (κ3) is 3.21. The quantitative estimate of drug-likeness (QED) is 0.494. The van der Waals surface area contributed by atoms with Crippen LogP contribution in [0.25, 0.3) is 6.08 Å². The van der Waals surface area contributed by atoms with Gasteiger partial charge in [-0.2, -0.15) is 0 Å². The van der Waals surface area contributed by atoms with Crippen molar-refractivity contribution >= 4 is 17.7 Å². The number of hydrogen-bond donors (Lipinski definition) is 1. The van der Waals surface area contributed by atoms with Gasteiger partial charge in [0.05, 0.1) is 30.8 Å². The Balaban J connectivity index is 3.48. The average molecular weight is 266 g/mol. The number of carbonyl (C=O) groups excluding carboxylic acids is 1. The maximum Gasteiger partial charge on any atom is 0.280 e. The molecule has 0 bridgehead atoms. The Bertz CT molecular complexity index is 551.